The third-order valence-electron chi connectivity index (χ3n) is 3.41. The van der Waals surface area contributed by atoms with Crippen LogP contribution >= 0.6 is 11.6 Å². The summed E-state index contributed by atoms with van der Waals surface area (Å²) in [5, 5.41) is 0.262. The van der Waals surface area contributed by atoms with Crippen molar-refractivity contribution in [2.75, 3.05) is 5.73 Å². The first-order valence-electron chi connectivity index (χ1n) is 6.49. The van der Waals surface area contributed by atoms with E-state index in [9.17, 15) is 8.42 Å². The van der Waals surface area contributed by atoms with Gasteiger partial charge in [0.2, 0.25) is 10.0 Å². The molecule has 0 radical (unpaired) electrons. The number of hydrogen-bond acceptors (Lipinski definition) is 3. The van der Waals surface area contributed by atoms with Crippen LogP contribution in [0.15, 0.2) is 23.1 Å². The number of anilines is 1. The molecule has 6 heteroatoms. The third kappa shape index (κ3) is 3.84. The second-order valence-electron chi connectivity index (χ2n) is 5.09. The molecule has 0 aromatic heterocycles. The molecule has 1 aliphatic rings. The second-order valence-corrected chi connectivity index (χ2v) is 7.21. The summed E-state index contributed by atoms with van der Waals surface area (Å²) in [7, 11) is -3.52. The monoisotopic (exact) mass is 302 g/mol. The Morgan fingerprint density at radius 2 is 2.16 bits per heavy atom. The molecule has 3 N–H and O–H groups in total. The van der Waals surface area contributed by atoms with Crippen LogP contribution in [0.2, 0.25) is 5.02 Å². The van der Waals surface area contributed by atoms with Gasteiger partial charge < -0.3 is 5.73 Å². The number of nitrogen functional groups attached to an aromatic ring is 1. The molecule has 1 unspecified atom stereocenters. The summed E-state index contributed by atoms with van der Waals surface area (Å²) < 4.78 is 27.3. The van der Waals surface area contributed by atoms with Crippen LogP contribution in [0.4, 0.5) is 5.69 Å². The molecule has 1 aromatic carbocycles. The van der Waals surface area contributed by atoms with Crippen molar-refractivity contribution in [3.05, 3.63) is 23.2 Å². The van der Waals surface area contributed by atoms with Crippen molar-refractivity contribution in [1.82, 2.24) is 4.72 Å². The molecule has 1 aromatic rings. The van der Waals surface area contributed by atoms with Gasteiger partial charge in [-0.05, 0) is 37.0 Å². The first kappa shape index (κ1) is 14.6. The van der Waals surface area contributed by atoms with Gasteiger partial charge in [0.15, 0.2) is 0 Å². The summed E-state index contributed by atoms with van der Waals surface area (Å²) in [5.41, 5.74) is 5.97. The highest BCUT2D eigenvalue weighted by Crippen LogP contribution is 2.34. The van der Waals surface area contributed by atoms with E-state index in [2.05, 4.69) is 4.72 Å². The van der Waals surface area contributed by atoms with Gasteiger partial charge in [-0.25, -0.2) is 13.1 Å². The molecule has 2 rings (SSSR count). The molecule has 4 nitrogen and oxygen atoms in total. The number of nitrogens with two attached hydrogens (primary N) is 1. The molecule has 19 heavy (non-hydrogen) atoms. The molecule has 0 aliphatic heterocycles. The molecule has 1 saturated carbocycles. The maximum Gasteiger partial charge on any atom is 0.240 e. The van der Waals surface area contributed by atoms with E-state index in [0.717, 1.165) is 12.8 Å². The zero-order valence-electron chi connectivity index (χ0n) is 10.9. The smallest absolute Gasteiger partial charge is 0.240 e. The molecule has 0 spiro atoms. The van der Waals surface area contributed by atoms with E-state index in [-0.39, 0.29) is 16.0 Å². The van der Waals surface area contributed by atoms with Crippen molar-refractivity contribution in [1.29, 1.82) is 0 Å². The highest BCUT2D eigenvalue weighted by molar-refractivity contribution is 7.89. The van der Waals surface area contributed by atoms with Crippen LogP contribution in [0.3, 0.4) is 0 Å². The second kappa shape index (κ2) is 5.69. The molecular formula is C13H19ClN2O2S. The quantitative estimate of drug-likeness (QED) is 0.794. The van der Waals surface area contributed by atoms with Gasteiger partial charge in [0, 0.05) is 6.04 Å². The maximum atomic E-state index is 12.3. The Balaban J connectivity index is 2.13. The van der Waals surface area contributed by atoms with Gasteiger partial charge in [0.1, 0.15) is 0 Å². The van der Waals surface area contributed by atoms with Gasteiger partial charge in [0.05, 0.1) is 15.6 Å². The van der Waals surface area contributed by atoms with E-state index < -0.39 is 10.0 Å². The molecule has 0 amide bonds. The van der Waals surface area contributed by atoms with E-state index in [1.165, 1.54) is 31.0 Å². The van der Waals surface area contributed by atoms with E-state index in [1.807, 2.05) is 6.92 Å². The van der Waals surface area contributed by atoms with Gasteiger partial charge in [-0.15, -0.1) is 0 Å². The molecule has 106 valence electrons. The molecule has 0 bridgehead atoms. The lowest BCUT2D eigenvalue weighted by Crippen LogP contribution is -2.34. The van der Waals surface area contributed by atoms with Crippen LogP contribution in [-0.4, -0.2) is 14.5 Å². The molecule has 1 aliphatic carbocycles. The Morgan fingerprint density at radius 3 is 2.68 bits per heavy atom. The predicted molar refractivity (Wildman–Crippen MR) is 77.6 cm³/mol. The summed E-state index contributed by atoms with van der Waals surface area (Å²) in [6, 6.07) is 4.38. The van der Waals surface area contributed by atoms with E-state index in [4.69, 9.17) is 17.3 Å². The van der Waals surface area contributed by atoms with Crippen LogP contribution in [0.1, 0.15) is 32.6 Å². The number of benzene rings is 1. The largest absolute Gasteiger partial charge is 0.398 e. The fourth-order valence-corrected chi connectivity index (χ4v) is 3.62. The van der Waals surface area contributed by atoms with E-state index in [1.54, 1.807) is 0 Å². The summed E-state index contributed by atoms with van der Waals surface area (Å²) in [4.78, 5) is 0.168. The minimum atomic E-state index is -3.52. The van der Waals surface area contributed by atoms with Crippen LogP contribution in [0.25, 0.3) is 0 Å². The standard InChI is InChI=1S/C13H19ClN2O2S/c1-2-10(7-9-3-4-9)16-19(17,18)11-5-6-13(15)12(14)8-11/h5-6,8-10,16H,2-4,7,15H2,1H3. The number of hydrogen-bond donors (Lipinski definition) is 2. The summed E-state index contributed by atoms with van der Waals surface area (Å²) in [5.74, 6) is 0.683. The van der Waals surface area contributed by atoms with Gasteiger partial charge in [-0.3, -0.25) is 0 Å². The van der Waals surface area contributed by atoms with Crippen molar-refractivity contribution < 1.29 is 8.42 Å². The average molecular weight is 303 g/mol. The maximum absolute atomic E-state index is 12.3. The summed E-state index contributed by atoms with van der Waals surface area (Å²) in [6.45, 7) is 1.99. The minimum Gasteiger partial charge on any atom is -0.398 e. The lowest BCUT2D eigenvalue weighted by atomic mass is 10.1. The topological polar surface area (TPSA) is 72.2 Å². The predicted octanol–water partition coefficient (Wildman–Crippen LogP) is 2.78. The lowest BCUT2D eigenvalue weighted by molar-refractivity contribution is 0.495. The SMILES string of the molecule is CCC(CC1CC1)NS(=O)(=O)c1ccc(N)c(Cl)c1. The van der Waals surface area contributed by atoms with Crippen LogP contribution in [-0.2, 0) is 10.0 Å². The van der Waals surface area contributed by atoms with Gasteiger partial charge in [0.25, 0.3) is 0 Å². The van der Waals surface area contributed by atoms with Crippen LogP contribution in [0, 0.1) is 5.92 Å². The minimum absolute atomic E-state index is 0.00571. The normalized spacial score (nSPS) is 17.4. The number of sulfonamides is 1. The van der Waals surface area contributed by atoms with Crippen molar-refractivity contribution in [3.8, 4) is 0 Å². The van der Waals surface area contributed by atoms with Crippen molar-refractivity contribution in [2.24, 2.45) is 5.92 Å². The number of halogens is 1. The Labute approximate surface area is 119 Å². The zero-order chi connectivity index (χ0) is 14.0. The molecular weight excluding hydrogens is 284 g/mol. The number of nitrogens with one attached hydrogen (secondary N) is 1. The van der Waals surface area contributed by atoms with Crippen molar-refractivity contribution in [3.63, 3.8) is 0 Å². The summed E-state index contributed by atoms with van der Waals surface area (Å²) in [6.07, 6.45) is 4.13. The Morgan fingerprint density at radius 1 is 1.47 bits per heavy atom. The lowest BCUT2D eigenvalue weighted by Gasteiger charge is -2.17. The van der Waals surface area contributed by atoms with Gasteiger partial charge >= 0.3 is 0 Å². The molecule has 0 heterocycles. The van der Waals surface area contributed by atoms with Gasteiger partial charge in [-0.2, -0.15) is 0 Å². The molecule has 1 fully saturated rings. The highest BCUT2D eigenvalue weighted by Gasteiger charge is 2.27. The Bertz CT molecular complexity index is 556. The zero-order valence-corrected chi connectivity index (χ0v) is 12.5. The van der Waals surface area contributed by atoms with E-state index in [0.29, 0.717) is 11.6 Å². The van der Waals surface area contributed by atoms with Crippen molar-refractivity contribution in [2.45, 2.75) is 43.5 Å². The number of rotatable bonds is 6. The van der Waals surface area contributed by atoms with Crippen LogP contribution in [0.5, 0.6) is 0 Å². The Kier molecular flexibility index (Phi) is 4.38. The van der Waals surface area contributed by atoms with Crippen LogP contribution < -0.4 is 10.5 Å². The molecule has 1 atom stereocenters. The van der Waals surface area contributed by atoms with Crippen molar-refractivity contribution >= 4 is 27.3 Å². The fourth-order valence-electron chi connectivity index (χ4n) is 2.02. The fraction of sp³-hybridized carbons (Fsp3) is 0.538. The average Bonchev–Trinajstić information content (AvgIpc) is 3.15. The Hall–Kier alpha value is -0.780. The van der Waals surface area contributed by atoms with Gasteiger partial charge in [-0.1, -0.05) is 31.4 Å². The first-order chi connectivity index (χ1) is 8.92. The van der Waals surface area contributed by atoms with E-state index >= 15 is 0 Å². The molecule has 0 saturated heterocycles. The third-order valence-corrected chi connectivity index (χ3v) is 5.26. The first-order valence-corrected chi connectivity index (χ1v) is 8.36. The summed E-state index contributed by atoms with van der Waals surface area (Å²) >= 11 is 5.87. The highest BCUT2D eigenvalue weighted by atomic mass is 35.5.